The third kappa shape index (κ3) is 4.41. The van der Waals surface area contributed by atoms with E-state index in [1.54, 1.807) is 7.05 Å². The molecule has 1 heterocycles. The van der Waals surface area contributed by atoms with Gasteiger partial charge in [0, 0.05) is 38.3 Å². The first-order valence-electron chi connectivity index (χ1n) is 8.28. The summed E-state index contributed by atoms with van der Waals surface area (Å²) < 4.78 is 26.8. The SMILES string of the molecule is CN=C(NCc1cc(F)ccc1F)NCC1CCN(C2CC2)C1. The maximum Gasteiger partial charge on any atom is 0.191 e. The van der Waals surface area contributed by atoms with Crippen LogP contribution in [-0.2, 0) is 6.54 Å². The van der Waals surface area contributed by atoms with Crippen LogP contribution in [0.2, 0.25) is 0 Å². The second-order valence-electron chi connectivity index (χ2n) is 6.42. The number of likely N-dealkylation sites (tertiary alicyclic amines) is 1. The predicted molar refractivity (Wildman–Crippen MR) is 87.3 cm³/mol. The zero-order valence-electron chi connectivity index (χ0n) is 13.5. The van der Waals surface area contributed by atoms with Crippen LogP contribution in [0, 0.1) is 17.6 Å². The quantitative estimate of drug-likeness (QED) is 0.644. The topological polar surface area (TPSA) is 39.7 Å². The van der Waals surface area contributed by atoms with Gasteiger partial charge in [0.15, 0.2) is 5.96 Å². The van der Waals surface area contributed by atoms with Gasteiger partial charge < -0.3 is 15.5 Å². The molecule has 1 aromatic carbocycles. The van der Waals surface area contributed by atoms with Gasteiger partial charge in [-0.3, -0.25) is 4.99 Å². The molecule has 0 bridgehead atoms. The van der Waals surface area contributed by atoms with E-state index in [-0.39, 0.29) is 6.54 Å². The molecule has 2 aliphatic rings. The van der Waals surface area contributed by atoms with Crippen molar-refractivity contribution in [2.24, 2.45) is 10.9 Å². The van der Waals surface area contributed by atoms with E-state index in [0.717, 1.165) is 31.3 Å². The van der Waals surface area contributed by atoms with Crippen molar-refractivity contribution < 1.29 is 8.78 Å². The van der Waals surface area contributed by atoms with Crippen molar-refractivity contribution in [1.82, 2.24) is 15.5 Å². The summed E-state index contributed by atoms with van der Waals surface area (Å²) >= 11 is 0. The van der Waals surface area contributed by atoms with Crippen LogP contribution in [0.5, 0.6) is 0 Å². The number of rotatable bonds is 5. The summed E-state index contributed by atoms with van der Waals surface area (Å²) in [5.41, 5.74) is 0.300. The average Bonchev–Trinajstić information content (AvgIpc) is 3.29. The highest BCUT2D eigenvalue weighted by molar-refractivity contribution is 5.79. The summed E-state index contributed by atoms with van der Waals surface area (Å²) in [6, 6.07) is 4.30. The van der Waals surface area contributed by atoms with E-state index in [0.29, 0.717) is 17.4 Å². The highest BCUT2D eigenvalue weighted by Gasteiger charge is 2.34. The number of hydrogen-bond donors (Lipinski definition) is 2. The first-order chi connectivity index (χ1) is 11.2. The maximum atomic E-state index is 13.6. The Morgan fingerprint density at radius 3 is 2.83 bits per heavy atom. The Kier molecular flexibility index (Phi) is 5.10. The maximum absolute atomic E-state index is 13.6. The third-order valence-electron chi connectivity index (χ3n) is 4.62. The minimum Gasteiger partial charge on any atom is -0.356 e. The second kappa shape index (κ2) is 7.25. The second-order valence-corrected chi connectivity index (χ2v) is 6.42. The van der Waals surface area contributed by atoms with Crippen molar-refractivity contribution in [2.75, 3.05) is 26.7 Å². The normalized spacial score (nSPS) is 22.4. The lowest BCUT2D eigenvalue weighted by atomic mass is 10.1. The standard InChI is InChI=1S/C17H24F2N4/c1-20-17(22-10-13-8-14(18)2-5-16(13)19)21-9-12-6-7-23(11-12)15-3-4-15/h2,5,8,12,15H,3-4,6-7,9-11H2,1H3,(H2,20,21,22). The fourth-order valence-electron chi connectivity index (χ4n) is 3.12. The van der Waals surface area contributed by atoms with Crippen LogP contribution in [0.3, 0.4) is 0 Å². The molecule has 1 aromatic rings. The molecule has 1 saturated heterocycles. The number of aliphatic imine (C=N–C) groups is 1. The van der Waals surface area contributed by atoms with Gasteiger partial charge in [-0.25, -0.2) is 8.78 Å². The van der Waals surface area contributed by atoms with Crippen LogP contribution < -0.4 is 10.6 Å². The van der Waals surface area contributed by atoms with Gasteiger partial charge in [0.1, 0.15) is 11.6 Å². The molecule has 4 nitrogen and oxygen atoms in total. The van der Waals surface area contributed by atoms with Gasteiger partial charge in [-0.05, 0) is 49.9 Å². The minimum absolute atomic E-state index is 0.210. The average molecular weight is 322 g/mol. The van der Waals surface area contributed by atoms with Gasteiger partial charge in [0.25, 0.3) is 0 Å². The largest absolute Gasteiger partial charge is 0.356 e. The lowest BCUT2D eigenvalue weighted by Gasteiger charge is -2.17. The first kappa shape index (κ1) is 16.2. The Morgan fingerprint density at radius 1 is 1.26 bits per heavy atom. The number of halogens is 2. The zero-order valence-corrected chi connectivity index (χ0v) is 13.5. The monoisotopic (exact) mass is 322 g/mol. The molecule has 1 aliphatic heterocycles. The number of hydrogen-bond acceptors (Lipinski definition) is 2. The number of nitrogens with one attached hydrogen (secondary N) is 2. The molecule has 0 amide bonds. The Bertz CT molecular complexity index is 572. The molecule has 3 rings (SSSR count). The number of benzene rings is 1. The van der Waals surface area contributed by atoms with E-state index in [1.807, 2.05) is 0 Å². The van der Waals surface area contributed by atoms with Crippen molar-refractivity contribution in [3.05, 3.63) is 35.4 Å². The zero-order chi connectivity index (χ0) is 16.2. The van der Waals surface area contributed by atoms with Gasteiger partial charge in [0.2, 0.25) is 0 Å². The predicted octanol–water partition coefficient (Wildman–Crippen LogP) is 2.11. The van der Waals surface area contributed by atoms with E-state index < -0.39 is 11.6 Å². The van der Waals surface area contributed by atoms with E-state index >= 15 is 0 Å². The van der Waals surface area contributed by atoms with Gasteiger partial charge >= 0.3 is 0 Å². The van der Waals surface area contributed by atoms with E-state index in [2.05, 4.69) is 20.5 Å². The van der Waals surface area contributed by atoms with E-state index in [9.17, 15) is 8.78 Å². The minimum atomic E-state index is -0.433. The van der Waals surface area contributed by atoms with Crippen LogP contribution in [0.25, 0.3) is 0 Å². The molecule has 0 radical (unpaired) electrons. The van der Waals surface area contributed by atoms with Crippen LogP contribution in [0.1, 0.15) is 24.8 Å². The van der Waals surface area contributed by atoms with Gasteiger partial charge in [-0.1, -0.05) is 0 Å². The van der Waals surface area contributed by atoms with Crippen LogP contribution >= 0.6 is 0 Å². The summed E-state index contributed by atoms with van der Waals surface area (Å²) in [4.78, 5) is 6.72. The summed E-state index contributed by atoms with van der Waals surface area (Å²) in [5, 5.41) is 6.33. The first-order valence-corrected chi connectivity index (χ1v) is 8.28. The van der Waals surface area contributed by atoms with Crippen LogP contribution in [0.15, 0.2) is 23.2 Å². The summed E-state index contributed by atoms with van der Waals surface area (Å²) in [5.74, 6) is 0.404. The van der Waals surface area contributed by atoms with Gasteiger partial charge in [-0.2, -0.15) is 0 Å². The van der Waals surface area contributed by atoms with Crippen molar-refractivity contribution >= 4 is 5.96 Å². The molecule has 0 aromatic heterocycles. The molecule has 0 spiro atoms. The van der Waals surface area contributed by atoms with Gasteiger partial charge in [-0.15, -0.1) is 0 Å². The molecule has 2 fully saturated rings. The van der Waals surface area contributed by atoms with Gasteiger partial charge in [0.05, 0.1) is 0 Å². The highest BCUT2D eigenvalue weighted by Crippen LogP contribution is 2.31. The van der Waals surface area contributed by atoms with Crippen molar-refractivity contribution in [3.8, 4) is 0 Å². The van der Waals surface area contributed by atoms with Crippen LogP contribution in [0.4, 0.5) is 8.78 Å². The Labute approximate surface area is 136 Å². The van der Waals surface area contributed by atoms with Crippen molar-refractivity contribution in [1.29, 1.82) is 0 Å². The molecular formula is C17H24F2N4. The molecule has 6 heteroatoms. The van der Waals surface area contributed by atoms with Crippen molar-refractivity contribution in [3.63, 3.8) is 0 Å². The Hall–Kier alpha value is -1.69. The summed E-state index contributed by atoms with van der Waals surface area (Å²) in [6.45, 7) is 3.40. The lowest BCUT2D eigenvalue weighted by molar-refractivity contribution is 0.314. The fourth-order valence-corrected chi connectivity index (χ4v) is 3.12. The fraction of sp³-hybridized carbons (Fsp3) is 0.588. The highest BCUT2D eigenvalue weighted by atomic mass is 19.1. The Balaban J connectivity index is 1.44. The Morgan fingerprint density at radius 2 is 2.09 bits per heavy atom. The molecular weight excluding hydrogens is 298 g/mol. The van der Waals surface area contributed by atoms with E-state index in [4.69, 9.17) is 0 Å². The van der Waals surface area contributed by atoms with Crippen LogP contribution in [-0.4, -0.2) is 43.6 Å². The third-order valence-corrected chi connectivity index (χ3v) is 4.62. The van der Waals surface area contributed by atoms with E-state index in [1.165, 1.54) is 31.9 Å². The number of nitrogens with zero attached hydrogens (tertiary/aromatic N) is 2. The lowest BCUT2D eigenvalue weighted by Crippen LogP contribution is -2.40. The smallest absolute Gasteiger partial charge is 0.191 e. The molecule has 2 N–H and O–H groups in total. The molecule has 126 valence electrons. The molecule has 1 saturated carbocycles. The number of guanidine groups is 1. The molecule has 1 unspecified atom stereocenters. The summed E-state index contributed by atoms with van der Waals surface area (Å²) in [7, 11) is 1.68. The molecule has 1 atom stereocenters. The molecule has 23 heavy (non-hydrogen) atoms. The summed E-state index contributed by atoms with van der Waals surface area (Å²) in [6.07, 6.45) is 3.91. The molecule has 1 aliphatic carbocycles. The van der Waals surface area contributed by atoms with Crippen molar-refractivity contribution in [2.45, 2.75) is 31.8 Å².